The van der Waals surface area contributed by atoms with Gasteiger partial charge in [-0.15, -0.1) is 22.7 Å². The highest BCUT2D eigenvalue weighted by Gasteiger charge is 2.28. The third-order valence-corrected chi connectivity index (χ3v) is 9.17. The largest absolute Gasteiger partial charge is 0.444 e. The van der Waals surface area contributed by atoms with Gasteiger partial charge in [0.1, 0.15) is 6.61 Å². The Morgan fingerprint density at radius 3 is 2.22 bits per heavy atom. The van der Waals surface area contributed by atoms with Gasteiger partial charge in [0.25, 0.3) is 0 Å². The van der Waals surface area contributed by atoms with Crippen LogP contribution in [-0.2, 0) is 35.5 Å². The third-order valence-electron chi connectivity index (χ3n) is 7.78. The Labute approximate surface area is 279 Å². The average molecular weight is 662 g/mol. The van der Waals surface area contributed by atoms with Gasteiger partial charge in [0.05, 0.1) is 34.2 Å². The van der Waals surface area contributed by atoms with Crippen molar-refractivity contribution in [2.75, 3.05) is 7.05 Å². The number of ketones is 1. The van der Waals surface area contributed by atoms with Gasteiger partial charge in [-0.05, 0) is 48.6 Å². The molecule has 0 aliphatic heterocycles. The van der Waals surface area contributed by atoms with E-state index in [1.807, 2.05) is 67.8 Å². The Bertz CT molecular complexity index is 1470. The lowest BCUT2D eigenvalue weighted by molar-refractivity contribution is -0.122. The highest BCUT2D eigenvalue weighted by atomic mass is 32.1. The van der Waals surface area contributed by atoms with Crippen LogP contribution in [-0.4, -0.2) is 51.9 Å². The predicted molar refractivity (Wildman–Crippen MR) is 183 cm³/mol. The van der Waals surface area contributed by atoms with Crippen molar-refractivity contribution in [2.45, 2.75) is 71.2 Å². The Morgan fingerprint density at radius 2 is 1.61 bits per heavy atom. The molecule has 0 aliphatic rings. The van der Waals surface area contributed by atoms with Gasteiger partial charge in [0.2, 0.25) is 0 Å². The molecule has 244 valence electrons. The zero-order valence-corrected chi connectivity index (χ0v) is 28.3. The molecule has 2 aromatic heterocycles. The molecule has 46 heavy (non-hydrogen) atoms. The number of Topliss-reactive ketones (excluding diaryl/α,β-unsaturated/α-hetero) is 1. The Balaban J connectivity index is 1.43. The maximum absolute atomic E-state index is 13.8. The molecule has 0 saturated carbocycles. The van der Waals surface area contributed by atoms with E-state index < -0.39 is 12.1 Å². The van der Waals surface area contributed by atoms with Crippen LogP contribution in [0.5, 0.6) is 0 Å². The molecule has 0 radical (unpaired) electrons. The molecule has 3 atom stereocenters. The predicted octanol–water partition coefficient (Wildman–Crippen LogP) is 6.90. The summed E-state index contributed by atoms with van der Waals surface area (Å²) in [5, 5.41) is 7.96. The third kappa shape index (κ3) is 11.7. The van der Waals surface area contributed by atoms with Crippen LogP contribution in [0.4, 0.5) is 9.59 Å². The molecule has 2 heterocycles. The number of carbonyl (C=O) groups excluding carboxylic acids is 3. The second kappa shape index (κ2) is 18.2. The Morgan fingerprint density at radius 1 is 0.913 bits per heavy atom. The van der Waals surface area contributed by atoms with E-state index in [4.69, 9.17) is 4.74 Å². The standard InChI is InChI=1S/C35H43N5O4S2/c1-25(2)33(39-34(42)40(3)20-30-22-45-24-37-30)32(41)18-28(16-26-10-6-4-7-11-26)14-15-29(17-27-12-8-5-9-13-27)38-35(43)44-21-31-19-36-23-46-31/h4-13,19,22-25,28-29,33H,14-18,20-21H2,1-3H3,(H,38,43)(H,39,42). The van der Waals surface area contributed by atoms with E-state index in [9.17, 15) is 14.4 Å². The highest BCUT2D eigenvalue weighted by molar-refractivity contribution is 7.09. The summed E-state index contributed by atoms with van der Waals surface area (Å²) in [6.45, 7) is 4.44. The molecule has 0 fully saturated rings. The summed E-state index contributed by atoms with van der Waals surface area (Å²) in [6.07, 6.45) is 4.23. The Kier molecular flexibility index (Phi) is 13.7. The summed E-state index contributed by atoms with van der Waals surface area (Å²) in [7, 11) is 1.71. The molecular weight excluding hydrogens is 619 g/mol. The van der Waals surface area contributed by atoms with Crippen molar-refractivity contribution in [3.8, 4) is 0 Å². The van der Waals surface area contributed by atoms with Crippen LogP contribution in [0.1, 0.15) is 54.8 Å². The van der Waals surface area contributed by atoms with E-state index >= 15 is 0 Å². The van der Waals surface area contributed by atoms with Crippen LogP contribution in [0.15, 0.2) is 83.3 Å². The second-order valence-electron chi connectivity index (χ2n) is 11.9. The van der Waals surface area contributed by atoms with Crippen molar-refractivity contribution in [3.63, 3.8) is 0 Å². The molecule has 0 spiro atoms. The van der Waals surface area contributed by atoms with E-state index in [0.717, 1.165) is 21.7 Å². The van der Waals surface area contributed by atoms with Crippen LogP contribution in [0.25, 0.3) is 0 Å². The number of benzene rings is 2. The molecule has 0 bridgehead atoms. The summed E-state index contributed by atoms with van der Waals surface area (Å²) in [5.74, 6) is -0.0701. The number of alkyl carbamates (subject to hydrolysis) is 1. The van der Waals surface area contributed by atoms with Gasteiger partial charge in [0, 0.05) is 31.1 Å². The molecule has 9 nitrogen and oxygen atoms in total. The summed E-state index contributed by atoms with van der Waals surface area (Å²) in [4.78, 5) is 50.4. The van der Waals surface area contributed by atoms with Crippen LogP contribution >= 0.6 is 22.7 Å². The summed E-state index contributed by atoms with van der Waals surface area (Å²) in [5.41, 5.74) is 6.50. The average Bonchev–Trinajstić information content (AvgIpc) is 3.77. The zero-order valence-electron chi connectivity index (χ0n) is 26.6. The lowest BCUT2D eigenvalue weighted by Crippen LogP contribution is -2.49. The molecule has 0 aliphatic carbocycles. The number of carbonyl (C=O) groups is 3. The summed E-state index contributed by atoms with van der Waals surface area (Å²) < 4.78 is 5.49. The molecule has 11 heteroatoms. The molecule has 3 amide bonds. The first-order valence-corrected chi connectivity index (χ1v) is 17.4. The van der Waals surface area contributed by atoms with Gasteiger partial charge in [-0.1, -0.05) is 74.5 Å². The van der Waals surface area contributed by atoms with Crippen molar-refractivity contribution in [1.82, 2.24) is 25.5 Å². The number of hydrogen-bond donors (Lipinski definition) is 2. The van der Waals surface area contributed by atoms with Gasteiger partial charge >= 0.3 is 12.1 Å². The first-order chi connectivity index (χ1) is 22.3. The van der Waals surface area contributed by atoms with Crippen LogP contribution in [0.2, 0.25) is 0 Å². The maximum Gasteiger partial charge on any atom is 0.407 e. The summed E-state index contributed by atoms with van der Waals surface area (Å²) >= 11 is 2.92. The minimum atomic E-state index is -0.622. The fourth-order valence-electron chi connectivity index (χ4n) is 5.35. The minimum Gasteiger partial charge on any atom is -0.444 e. The molecule has 2 aromatic carbocycles. The number of urea groups is 1. The van der Waals surface area contributed by atoms with Crippen LogP contribution in [0, 0.1) is 11.8 Å². The van der Waals surface area contributed by atoms with Crippen molar-refractivity contribution in [1.29, 1.82) is 0 Å². The van der Waals surface area contributed by atoms with E-state index in [2.05, 4.69) is 32.7 Å². The zero-order chi connectivity index (χ0) is 32.7. The van der Waals surface area contributed by atoms with Crippen LogP contribution < -0.4 is 10.6 Å². The number of aromatic nitrogens is 2. The van der Waals surface area contributed by atoms with E-state index in [-0.39, 0.29) is 36.3 Å². The normalized spacial score (nSPS) is 13.0. The van der Waals surface area contributed by atoms with Gasteiger partial charge in [-0.3, -0.25) is 9.78 Å². The van der Waals surface area contributed by atoms with E-state index in [1.165, 1.54) is 22.7 Å². The second-order valence-corrected chi connectivity index (χ2v) is 13.6. The highest BCUT2D eigenvalue weighted by Crippen LogP contribution is 2.23. The van der Waals surface area contributed by atoms with E-state index in [0.29, 0.717) is 38.6 Å². The minimum absolute atomic E-state index is 0.00266. The smallest absolute Gasteiger partial charge is 0.407 e. The van der Waals surface area contributed by atoms with Crippen LogP contribution in [0.3, 0.4) is 0 Å². The molecule has 4 aromatic rings. The number of ether oxygens (including phenoxy) is 1. The lowest BCUT2D eigenvalue weighted by atomic mass is 9.85. The molecular formula is C35H43N5O4S2. The monoisotopic (exact) mass is 661 g/mol. The van der Waals surface area contributed by atoms with Gasteiger partial charge < -0.3 is 20.3 Å². The van der Waals surface area contributed by atoms with E-state index in [1.54, 1.807) is 29.2 Å². The molecule has 3 unspecified atom stereocenters. The number of nitrogens with one attached hydrogen (secondary N) is 2. The number of hydrogen-bond acceptors (Lipinski definition) is 8. The number of nitrogens with zero attached hydrogens (tertiary/aromatic N) is 3. The topological polar surface area (TPSA) is 114 Å². The van der Waals surface area contributed by atoms with Crippen molar-refractivity contribution >= 4 is 40.6 Å². The molecule has 2 N–H and O–H groups in total. The Hall–Kier alpha value is -4.09. The number of rotatable bonds is 17. The number of amides is 3. The first kappa shape index (κ1) is 34.8. The number of thiazole rings is 2. The van der Waals surface area contributed by atoms with Gasteiger partial charge in [0.15, 0.2) is 5.78 Å². The van der Waals surface area contributed by atoms with Gasteiger partial charge in [-0.2, -0.15) is 0 Å². The lowest BCUT2D eigenvalue weighted by Gasteiger charge is -2.27. The van der Waals surface area contributed by atoms with Crippen molar-refractivity contribution < 1.29 is 19.1 Å². The van der Waals surface area contributed by atoms with Gasteiger partial charge in [-0.25, -0.2) is 14.6 Å². The maximum atomic E-state index is 13.8. The van der Waals surface area contributed by atoms with Crippen molar-refractivity contribution in [3.05, 3.63) is 105 Å². The molecule has 0 saturated heterocycles. The SMILES string of the molecule is CC(C)C(NC(=O)N(C)Cc1cscn1)C(=O)CC(CCC(Cc1ccccc1)NC(=O)OCc1cncs1)Cc1ccccc1. The fraction of sp³-hybridized carbons (Fsp3) is 0.400. The fourth-order valence-corrected chi connectivity index (χ4v) is 6.40. The first-order valence-electron chi connectivity index (χ1n) is 15.6. The molecule has 4 rings (SSSR count). The summed E-state index contributed by atoms with van der Waals surface area (Å²) in [6, 6.07) is 19.0. The quantitative estimate of drug-likeness (QED) is 0.127. The van der Waals surface area contributed by atoms with Crippen molar-refractivity contribution in [2.24, 2.45) is 11.8 Å².